The van der Waals surface area contributed by atoms with Crippen molar-refractivity contribution in [1.82, 2.24) is 9.80 Å². The molecule has 24 heavy (non-hydrogen) atoms. The second-order valence-corrected chi connectivity index (χ2v) is 6.88. The van der Waals surface area contributed by atoms with E-state index in [0.717, 1.165) is 23.5 Å². The molecular formula is C19H22N2O2S. The summed E-state index contributed by atoms with van der Waals surface area (Å²) in [5.41, 5.74) is 1.03. The molecule has 1 saturated heterocycles. The monoisotopic (exact) mass is 342 g/mol. The molecule has 2 heterocycles. The molecule has 0 aliphatic carbocycles. The van der Waals surface area contributed by atoms with Gasteiger partial charge in [-0.15, -0.1) is 11.3 Å². The lowest BCUT2D eigenvalue weighted by atomic mass is 10.2. The second kappa shape index (κ2) is 8.24. The maximum atomic E-state index is 12.3. The lowest BCUT2D eigenvalue weighted by Crippen LogP contribution is -2.49. The van der Waals surface area contributed by atoms with Gasteiger partial charge in [-0.25, -0.2) is 0 Å². The van der Waals surface area contributed by atoms with E-state index in [1.807, 2.05) is 58.8 Å². The molecule has 1 fully saturated rings. The molecule has 1 aliphatic rings. The first-order valence-corrected chi connectivity index (χ1v) is 9.06. The van der Waals surface area contributed by atoms with Crippen molar-refractivity contribution >= 4 is 23.3 Å². The van der Waals surface area contributed by atoms with Crippen molar-refractivity contribution in [3.63, 3.8) is 0 Å². The normalized spacial score (nSPS) is 17.3. The molecule has 0 spiro atoms. The highest BCUT2D eigenvalue weighted by Crippen LogP contribution is 2.20. The van der Waals surface area contributed by atoms with E-state index in [1.54, 1.807) is 17.4 Å². The minimum absolute atomic E-state index is 0.0531. The van der Waals surface area contributed by atoms with Gasteiger partial charge in [-0.3, -0.25) is 9.69 Å². The maximum Gasteiger partial charge on any atom is 0.246 e. The molecule has 1 aliphatic heterocycles. The molecule has 0 bridgehead atoms. The van der Waals surface area contributed by atoms with Gasteiger partial charge in [0.1, 0.15) is 6.10 Å². The molecular weight excluding hydrogens is 320 g/mol. The predicted molar refractivity (Wildman–Crippen MR) is 97.8 cm³/mol. The van der Waals surface area contributed by atoms with E-state index in [-0.39, 0.29) is 5.91 Å². The molecule has 2 aromatic rings. The molecule has 1 aromatic heterocycles. The SMILES string of the molecule is O=C(/C=C/c1ccccc1)N1CCN(C[C@@H](O)c2cccs2)CC1. The molecule has 1 atom stereocenters. The molecule has 3 rings (SSSR count). The quantitative estimate of drug-likeness (QED) is 0.850. The van der Waals surface area contributed by atoms with Crippen LogP contribution in [0.15, 0.2) is 53.9 Å². The summed E-state index contributed by atoms with van der Waals surface area (Å²) in [5, 5.41) is 12.2. The van der Waals surface area contributed by atoms with E-state index in [1.165, 1.54) is 0 Å². The zero-order valence-corrected chi connectivity index (χ0v) is 14.4. The van der Waals surface area contributed by atoms with Crippen molar-refractivity contribution in [3.05, 3.63) is 64.4 Å². The number of aliphatic hydroxyl groups excluding tert-OH is 1. The smallest absolute Gasteiger partial charge is 0.246 e. The number of carbonyl (C=O) groups is 1. The van der Waals surface area contributed by atoms with Crippen molar-refractivity contribution in [2.75, 3.05) is 32.7 Å². The van der Waals surface area contributed by atoms with Crippen LogP contribution in [-0.2, 0) is 4.79 Å². The average Bonchev–Trinajstić information content (AvgIpc) is 3.16. The van der Waals surface area contributed by atoms with Crippen LogP contribution in [0.2, 0.25) is 0 Å². The predicted octanol–water partition coefficient (Wildman–Crippen LogP) is 2.64. The molecule has 126 valence electrons. The third-order valence-corrected chi connectivity index (χ3v) is 5.18. The molecule has 0 unspecified atom stereocenters. The first kappa shape index (κ1) is 16.9. The number of amides is 1. The van der Waals surface area contributed by atoms with Gasteiger partial charge in [0.15, 0.2) is 0 Å². The van der Waals surface area contributed by atoms with Gasteiger partial charge in [-0.1, -0.05) is 36.4 Å². The Hall–Kier alpha value is -1.95. The van der Waals surface area contributed by atoms with E-state index < -0.39 is 6.10 Å². The molecule has 1 N–H and O–H groups in total. The number of rotatable bonds is 5. The van der Waals surface area contributed by atoms with Gasteiger partial charge in [0, 0.05) is 43.7 Å². The van der Waals surface area contributed by atoms with Gasteiger partial charge in [0.05, 0.1) is 0 Å². The summed E-state index contributed by atoms with van der Waals surface area (Å²) in [6.45, 7) is 3.63. The minimum atomic E-state index is -0.440. The highest BCUT2D eigenvalue weighted by atomic mass is 32.1. The maximum absolute atomic E-state index is 12.3. The minimum Gasteiger partial charge on any atom is -0.386 e. The fourth-order valence-electron chi connectivity index (χ4n) is 2.80. The number of nitrogens with zero attached hydrogens (tertiary/aromatic N) is 2. The summed E-state index contributed by atoms with van der Waals surface area (Å²) in [6.07, 6.45) is 3.06. The van der Waals surface area contributed by atoms with Gasteiger partial charge in [0.2, 0.25) is 5.91 Å². The number of carbonyl (C=O) groups excluding carboxylic acids is 1. The lowest BCUT2D eigenvalue weighted by Gasteiger charge is -2.35. The fraction of sp³-hybridized carbons (Fsp3) is 0.316. The second-order valence-electron chi connectivity index (χ2n) is 5.90. The standard InChI is InChI=1S/C19H22N2O2S/c22-17(18-7-4-14-24-18)15-20-10-12-21(13-11-20)19(23)9-8-16-5-2-1-3-6-16/h1-9,14,17,22H,10-13,15H2/b9-8+/t17-/m1/s1. The topological polar surface area (TPSA) is 43.8 Å². The zero-order chi connectivity index (χ0) is 16.8. The molecule has 0 radical (unpaired) electrons. The molecule has 1 aromatic carbocycles. The summed E-state index contributed by atoms with van der Waals surface area (Å²) < 4.78 is 0. The lowest BCUT2D eigenvalue weighted by molar-refractivity contribution is -0.127. The third kappa shape index (κ3) is 4.54. The number of piperazine rings is 1. The van der Waals surface area contributed by atoms with E-state index in [9.17, 15) is 9.90 Å². The Kier molecular flexibility index (Phi) is 5.80. The summed E-state index contributed by atoms with van der Waals surface area (Å²) >= 11 is 1.58. The van der Waals surface area contributed by atoms with Crippen LogP contribution in [0.3, 0.4) is 0 Å². The Morgan fingerprint density at radius 1 is 1.12 bits per heavy atom. The summed E-state index contributed by atoms with van der Waals surface area (Å²) in [6, 6.07) is 13.8. The number of aliphatic hydroxyl groups is 1. The Bertz CT molecular complexity index is 662. The molecule has 4 nitrogen and oxygen atoms in total. The van der Waals surface area contributed by atoms with Crippen molar-refractivity contribution in [1.29, 1.82) is 0 Å². The molecule has 5 heteroatoms. The van der Waals surface area contributed by atoms with Crippen molar-refractivity contribution in [2.24, 2.45) is 0 Å². The highest BCUT2D eigenvalue weighted by Gasteiger charge is 2.22. The Morgan fingerprint density at radius 3 is 2.54 bits per heavy atom. The van der Waals surface area contributed by atoms with E-state index in [2.05, 4.69) is 4.90 Å². The van der Waals surface area contributed by atoms with Crippen LogP contribution in [0.4, 0.5) is 0 Å². The Labute approximate surface area is 146 Å². The van der Waals surface area contributed by atoms with Crippen LogP contribution in [0.5, 0.6) is 0 Å². The summed E-state index contributed by atoms with van der Waals surface area (Å²) in [5.74, 6) is 0.0531. The zero-order valence-electron chi connectivity index (χ0n) is 13.5. The Morgan fingerprint density at radius 2 is 1.88 bits per heavy atom. The first-order valence-electron chi connectivity index (χ1n) is 8.18. The van der Waals surface area contributed by atoms with Crippen LogP contribution in [0, 0.1) is 0 Å². The van der Waals surface area contributed by atoms with Gasteiger partial charge in [-0.05, 0) is 23.1 Å². The first-order chi connectivity index (χ1) is 11.7. The van der Waals surface area contributed by atoms with Crippen LogP contribution in [0.1, 0.15) is 16.5 Å². The van der Waals surface area contributed by atoms with Crippen molar-refractivity contribution in [2.45, 2.75) is 6.10 Å². The van der Waals surface area contributed by atoms with E-state index in [4.69, 9.17) is 0 Å². The van der Waals surface area contributed by atoms with Gasteiger partial charge in [0.25, 0.3) is 0 Å². The molecule has 1 amide bonds. The highest BCUT2D eigenvalue weighted by molar-refractivity contribution is 7.10. The number of hydrogen-bond acceptors (Lipinski definition) is 4. The van der Waals surface area contributed by atoms with Crippen molar-refractivity contribution in [3.8, 4) is 0 Å². The van der Waals surface area contributed by atoms with Crippen LogP contribution in [0.25, 0.3) is 6.08 Å². The van der Waals surface area contributed by atoms with Crippen molar-refractivity contribution < 1.29 is 9.90 Å². The Balaban J connectivity index is 1.46. The number of thiophene rings is 1. The van der Waals surface area contributed by atoms with Crippen LogP contribution >= 0.6 is 11.3 Å². The van der Waals surface area contributed by atoms with Crippen LogP contribution in [-0.4, -0.2) is 53.5 Å². The third-order valence-electron chi connectivity index (χ3n) is 4.20. The van der Waals surface area contributed by atoms with E-state index >= 15 is 0 Å². The largest absolute Gasteiger partial charge is 0.386 e. The average molecular weight is 342 g/mol. The molecule has 0 saturated carbocycles. The van der Waals surface area contributed by atoms with Gasteiger partial charge in [-0.2, -0.15) is 0 Å². The fourth-order valence-corrected chi connectivity index (χ4v) is 3.51. The van der Waals surface area contributed by atoms with Crippen LogP contribution < -0.4 is 0 Å². The number of β-amino-alcohol motifs (C(OH)–C–C–N with tert-alkyl or cyclic N) is 1. The number of hydrogen-bond donors (Lipinski definition) is 1. The van der Waals surface area contributed by atoms with Gasteiger partial charge >= 0.3 is 0 Å². The summed E-state index contributed by atoms with van der Waals surface area (Å²) in [4.78, 5) is 17.3. The van der Waals surface area contributed by atoms with E-state index in [0.29, 0.717) is 19.6 Å². The summed E-state index contributed by atoms with van der Waals surface area (Å²) in [7, 11) is 0. The number of benzene rings is 1. The van der Waals surface area contributed by atoms with Gasteiger partial charge < -0.3 is 10.0 Å².